The van der Waals surface area contributed by atoms with Gasteiger partial charge in [-0.3, -0.25) is 14.9 Å². The molecule has 0 bridgehead atoms. The molecule has 1 N–H and O–H groups in total. The zero-order valence-electron chi connectivity index (χ0n) is 15.2. The molecule has 8 nitrogen and oxygen atoms in total. The lowest BCUT2D eigenvalue weighted by atomic mass is 10.1. The minimum absolute atomic E-state index is 0.00123. The van der Waals surface area contributed by atoms with Gasteiger partial charge in [0.1, 0.15) is 11.4 Å². The molecular weight excluding hydrogens is 398 g/mol. The molecule has 2 heterocycles. The Hall–Kier alpha value is -2.85. The first-order chi connectivity index (χ1) is 13.5. The Morgan fingerprint density at radius 1 is 1.36 bits per heavy atom. The highest BCUT2D eigenvalue weighted by Crippen LogP contribution is 2.29. The third-order valence-electron chi connectivity index (χ3n) is 3.79. The topological polar surface area (TPSA) is 111 Å². The van der Waals surface area contributed by atoms with Crippen LogP contribution in [-0.4, -0.2) is 31.0 Å². The standard InChI is InChI=1S/C18H17N5O3S2/c1-3-15(28-16-7-11(2)19-10-20-16)17(24)22-18-21-14(9-27-18)12-5-4-6-13(8-12)23(25)26/h4-10,15H,3H2,1-2H3,(H,21,22,24). The summed E-state index contributed by atoms with van der Waals surface area (Å²) in [5.74, 6) is -0.163. The van der Waals surface area contributed by atoms with E-state index in [0.29, 0.717) is 22.8 Å². The van der Waals surface area contributed by atoms with Crippen LogP contribution in [-0.2, 0) is 4.79 Å². The third kappa shape index (κ3) is 4.90. The van der Waals surface area contributed by atoms with Gasteiger partial charge in [-0.2, -0.15) is 0 Å². The number of nitro groups is 1. The summed E-state index contributed by atoms with van der Waals surface area (Å²) in [7, 11) is 0. The summed E-state index contributed by atoms with van der Waals surface area (Å²) >= 11 is 2.65. The van der Waals surface area contributed by atoms with Gasteiger partial charge in [-0.25, -0.2) is 15.0 Å². The number of carbonyl (C=O) groups is 1. The molecule has 144 valence electrons. The fraction of sp³-hybridized carbons (Fsp3) is 0.222. The van der Waals surface area contributed by atoms with Crippen molar-refractivity contribution in [2.75, 3.05) is 5.32 Å². The number of non-ortho nitro benzene ring substituents is 1. The van der Waals surface area contributed by atoms with Crippen LogP contribution < -0.4 is 5.32 Å². The molecule has 28 heavy (non-hydrogen) atoms. The number of anilines is 1. The number of rotatable bonds is 7. The molecule has 0 saturated carbocycles. The van der Waals surface area contributed by atoms with Gasteiger partial charge in [0.05, 0.1) is 15.9 Å². The summed E-state index contributed by atoms with van der Waals surface area (Å²) in [5, 5.41) is 16.4. The average Bonchev–Trinajstić information content (AvgIpc) is 3.14. The normalized spacial score (nSPS) is 11.8. The van der Waals surface area contributed by atoms with Crippen LogP contribution in [0.1, 0.15) is 19.0 Å². The van der Waals surface area contributed by atoms with Crippen molar-refractivity contribution in [1.29, 1.82) is 0 Å². The molecule has 0 spiro atoms. The number of benzene rings is 1. The summed E-state index contributed by atoms with van der Waals surface area (Å²) in [5.41, 5.74) is 2.05. The number of nitrogens with one attached hydrogen (secondary N) is 1. The maximum absolute atomic E-state index is 12.6. The molecule has 1 unspecified atom stereocenters. The van der Waals surface area contributed by atoms with E-state index in [9.17, 15) is 14.9 Å². The van der Waals surface area contributed by atoms with Crippen LogP contribution >= 0.6 is 23.1 Å². The Morgan fingerprint density at radius 2 is 2.18 bits per heavy atom. The fourth-order valence-corrected chi connectivity index (χ4v) is 4.08. The molecule has 3 rings (SSSR count). The highest BCUT2D eigenvalue weighted by Gasteiger charge is 2.20. The van der Waals surface area contributed by atoms with E-state index >= 15 is 0 Å². The molecule has 0 aliphatic heterocycles. The Kier molecular flexibility index (Phi) is 6.32. The van der Waals surface area contributed by atoms with Gasteiger partial charge in [-0.05, 0) is 19.4 Å². The number of hydrogen-bond acceptors (Lipinski definition) is 8. The first kappa shape index (κ1) is 19.9. The Morgan fingerprint density at radius 3 is 2.89 bits per heavy atom. The molecule has 0 fully saturated rings. The van der Waals surface area contributed by atoms with Gasteiger partial charge in [0.25, 0.3) is 5.69 Å². The second-order valence-corrected chi connectivity index (χ2v) is 7.93. The molecule has 0 radical (unpaired) electrons. The van der Waals surface area contributed by atoms with Crippen molar-refractivity contribution >= 4 is 39.8 Å². The molecule has 0 aliphatic rings. The number of nitrogens with zero attached hydrogens (tertiary/aromatic N) is 4. The summed E-state index contributed by atoms with van der Waals surface area (Å²) in [6, 6.07) is 8.08. The van der Waals surface area contributed by atoms with Gasteiger partial charge in [0, 0.05) is 28.8 Å². The largest absolute Gasteiger partial charge is 0.301 e. The van der Waals surface area contributed by atoms with Crippen LogP contribution in [0.2, 0.25) is 0 Å². The van der Waals surface area contributed by atoms with Crippen molar-refractivity contribution in [2.24, 2.45) is 0 Å². The number of aromatic nitrogens is 3. The van der Waals surface area contributed by atoms with Crippen molar-refractivity contribution in [3.05, 3.63) is 57.8 Å². The van der Waals surface area contributed by atoms with E-state index in [1.165, 1.54) is 41.6 Å². The predicted molar refractivity (Wildman–Crippen MR) is 110 cm³/mol. The molecule has 2 aromatic heterocycles. The van der Waals surface area contributed by atoms with E-state index in [4.69, 9.17) is 0 Å². The average molecular weight is 416 g/mol. The zero-order chi connectivity index (χ0) is 20.1. The van der Waals surface area contributed by atoms with Gasteiger partial charge in [0.2, 0.25) is 5.91 Å². The lowest BCUT2D eigenvalue weighted by Crippen LogP contribution is -2.24. The lowest BCUT2D eigenvalue weighted by Gasteiger charge is -2.12. The number of nitro benzene ring substituents is 1. The molecular formula is C18H17N5O3S2. The fourth-order valence-electron chi connectivity index (χ4n) is 2.39. The summed E-state index contributed by atoms with van der Waals surface area (Å²) in [6.45, 7) is 3.81. The quantitative estimate of drug-likeness (QED) is 0.265. The number of hydrogen-bond donors (Lipinski definition) is 1. The molecule has 1 atom stereocenters. The molecule has 1 aromatic carbocycles. The lowest BCUT2D eigenvalue weighted by molar-refractivity contribution is -0.384. The molecule has 0 saturated heterocycles. The maximum Gasteiger partial charge on any atom is 0.270 e. The minimum Gasteiger partial charge on any atom is -0.301 e. The van der Waals surface area contributed by atoms with Crippen molar-refractivity contribution in [3.8, 4) is 11.3 Å². The monoisotopic (exact) mass is 415 g/mol. The first-order valence-electron chi connectivity index (χ1n) is 8.42. The summed E-state index contributed by atoms with van der Waals surface area (Å²) in [4.78, 5) is 35.7. The van der Waals surface area contributed by atoms with Crippen LogP contribution in [0.3, 0.4) is 0 Å². The Labute approximate surface area is 169 Å². The number of thioether (sulfide) groups is 1. The second kappa shape index (κ2) is 8.89. The van der Waals surface area contributed by atoms with Gasteiger partial charge in [-0.15, -0.1) is 11.3 Å². The van der Waals surface area contributed by atoms with E-state index < -0.39 is 4.92 Å². The van der Waals surface area contributed by atoms with E-state index in [2.05, 4.69) is 20.3 Å². The minimum atomic E-state index is -0.448. The molecule has 3 aromatic rings. The van der Waals surface area contributed by atoms with Crippen molar-refractivity contribution in [2.45, 2.75) is 30.5 Å². The number of amides is 1. The smallest absolute Gasteiger partial charge is 0.270 e. The molecule has 0 aliphatic carbocycles. The van der Waals surface area contributed by atoms with Crippen LogP contribution in [0.15, 0.2) is 47.1 Å². The molecule has 1 amide bonds. The van der Waals surface area contributed by atoms with Crippen LogP contribution in [0.5, 0.6) is 0 Å². The third-order valence-corrected chi connectivity index (χ3v) is 5.85. The van der Waals surface area contributed by atoms with Crippen molar-refractivity contribution < 1.29 is 9.72 Å². The van der Waals surface area contributed by atoms with Crippen LogP contribution in [0.25, 0.3) is 11.3 Å². The van der Waals surface area contributed by atoms with Crippen LogP contribution in [0, 0.1) is 17.0 Å². The van der Waals surface area contributed by atoms with Crippen molar-refractivity contribution in [3.63, 3.8) is 0 Å². The summed E-state index contributed by atoms with van der Waals surface area (Å²) in [6.07, 6.45) is 2.11. The maximum atomic E-state index is 12.6. The van der Waals surface area contributed by atoms with Gasteiger partial charge in [-0.1, -0.05) is 30.8 Å². The van der Waals surface area contributed by atoms with Gasteiger partial charge >= 0.3 is 0 Å². The summed E-state index contributed by atoms with van der Waals surface area (Å²) < 4.78 is 0. The van der Waals surface area contributed by atoms with E-state index in [1.807, 2.05) is 19.9 Å². The number of carbonyl (C=O) groups excluding carboxylic acids is 1. The first-order valence-corrected chi connectivity index (χ1v) is 10.2. The van der Waals surface area contributed by atoms with Crippen LogP contribution in [0.4, 0.5) is 10.8 Å². The van der Waals surface area contributed by atoms with Gasteiger partial charge < -0.3 is 5.32 Å². The predicted octanol–water partition coefficient (Wildman–Crippen LogP) is 4.33. The SMILES string of the molecule is CCC(Sc1cc(C)ncn1)C(=O)Nc1nc(-c2cccc([N+](=O)[O-])c2)cs1. The molecule has 10 heteroatoms. The van der Waals surface area contributed by atoms with E-state index in [-0.39, 0.29) is 16.8 Å². The van der Waals surface area contributed by atoms with E-state index in [0.717, 1.165) is 10.7 Å². The highest BCUT2D eigenvalue weighted by molar-refractivity contribution is 8.00. The zero-order valence-corrected chi connectivity index (χ0v) is 16.8. The van der Waals surface area contributed by atoms with Gasteiger partial charge in [0.15, 0.2) is 5.13 Å². The Bertz CT molecular complexity index is 1010. The highest BCUT2D eigenvalue weighted by atomic mass is 32.2. The second-order valence-electron chi connectivity index (χ2n) is 5.85. The van der Waals surface area contributed by atoms with E-state index in [1.54, 1.807) is 17.5 Å². The number of thiazole rings is 1. The van der Waals surface area contributed by atoms with Crippen molar-refractivity contribution in [1.82, 2.24) is 15.0 Å². The Balaban J connectivity index is 1.70. The number of aryl methyl sites for hydroxylation is 1.